The maximum Gasteiger partial charge on any atom is 0.291 e. The Morgan fingerprint density at radius 2 is 1.88 bits per heavy atom. The Bertz CT molecular complexity index is 1260. The van der Waals surface area contributed by atoms with Crippen LogP contribution >= 0.6 is 11.6 Å². The van der Waals surface area contributed by atoms with Crippen LogP contribution in [-0.2, 0) is 31.3 Å². The van der Waals surface area contributed by atoms with Crippen molar-refractivity contribution in [1.29, 1.82) is 0 Å². The highest BCUT2D eigenvalue weighted by Crippen LogP contribution is 2.50. The molecule has 0 saturated carbocycles. The van der Waals surface area contributed by atoms with E-state index in [0.29, 0.717) is 21.8 Å². The number of hydrogen-bond donors (Lipinski definition) is 2. The number of nitrogens with one attached hydrogen (secondary N) is 1. The summed E-state index contributed by atoms with van der Waals surface area (Å²) in [4.78, 5) is 53.3. The zero-order valence-corrected chi connectivity index (χ0v) is 19.5. The topological polar surface area (TPSA) is 123 Å². The van der Waals surface area contributed by atoms with Crippen LogP contribution in [0.5, 0.6) is 0 Å². The molecular formula is C25H24ClN3O5. The van der Waals surface area contributed by atoms with Gasteiger partial charge in [-0.25, -0.2) is 0 Å². The van der Waals surface area contributed by atoms with Crippen LogP contribution in [0, 0.1) is 25.7 Å². The van der Waals surface area contributed by atoms with Gasteiger partial charge in [0.2, 0.25) is 17.4 Å². The number of carboxylic acids is 1. The van der Waals surface area contributed by atoms with Gasteiger partial charge in [0.15, 0.2) is 0 Å². The minimum atomic E-state index is -1.34. The molecule has 2 fully saturated rings. The van der Waals surface area contributed by atoms with Crippen LogP contribution in [-0.4, -0.2) is 34.6 Å². The van der Waals surface area contributed by atoms with E-state index in [1.165, 1.54) is 4.90 Å². The summed E-state index contributed by atoms with van der Waals surface area (Å²) in [6, 6.07) is 10.1. The van der Waals surface area contributed by atoms with Crippen LogP contribution in [0.2, 0.25) is 5.02 Å². The molecule has 2 aromatic rings. The molecule has 2 aromatic carbocycles. The average molecular weight is 482 g/mol. The van der Waals surface area contributed by atoms with E-state index in [1.54, 1.807) is 29.6 Å². The van der Waals surface area contributed by atoms with Gasteiger partial charge in [0.05, 0.1) is 12.2 Å². The number of hydrogen-bond acceptors (Lipinski definition) is 5. The van der Waals surface area contributed by atoms with Crippen LogP contribution in [0.25, 0.3) is 0 Å². The highest BCUT2D eigenvalue weighted by molar-refractivity contribution is 6.31. The first-order valence-corrected chi connectivity index (χ1v) is 11.6. The number of anilines is 1. The number of likely N-dealkylation sites (tertiary alicyclic amines) is 1. The van der Waals surface area contributed by atoms with Crippen LogP contribution in [0.3, 0.4) is 0 Å². The first-order chi connectivity index (χ1) is 16.2. The molecule has 176 valence electrons. The molecule has 2 saturated heterocycles. The van der Waals surface area contributed by atoms with Gasteiger partial charge in [-0.1, -0.05) is 35.9 Å². The van der Waals surface area contributed by atoms with Crippen molar-refractivity contribution in [3.63, 3.8) is 0 Å². The third kappa shape index (κ3) is 3.09. The first kappa shape index (κ1) is 22.6. The van der Waals surface area contributed by atoms with E-state index in [1.807, 2.05) is 26.0 Å². The monoisotopic (exact) mass is 481 g/mol. The fraction of sp³-hybridized carbons (Fsp3) is 0.360. The Hall–Kier alpha value is -3.23. The molecule has 0 aromatic heterocycles. The third-order valence-corrected chi connectivity index (χ3v) is 8.00. The zero-order valence-electron chi connectivity index (χ0n) is 18.8. The first-order valence-electron chi connectivity index (χ1n) is 11.2. The summed E-state index contributed by atoms with van der Waals surface area (Å²) >= 11 is 6.28. The van der Waals surface area contributed by atoms with Crippen molar-refractivity contribution in [2.24, 2.45) is 11.8 Å². The quantitative estimate of drug-likeness (QED) is 0.598. The van der Waals surface area contributed by atoms with Gasteiger partial charge >= 0.3 is 0 Å². The SMILES string of the molecule is Cc1ccc2c(c1C)NC(=O)[C@@]21[NH2+][C@H](CCC(=O)[O-])[C@H]2C(=O)N(Cc3ccccc3Cl)C(=O)[C@H]21. The number of imide groups is 1. The largest absolute Gasteiger partial charge is 0.550 e. The van der Waals surface area contributed by atoms with Crippen molar-refractivity contribution < 1.29 is 29.6 Å². The Balaban J connectivity index is 1.61. The molecule has 0 aliphatic carbocycles. The lowest BCUT2D eigenvalue weighted by Gasteiger charge is -2.26. The molecule has 3 aliphatic heterocycles. The van der Waals surface area contributed by atoms with Gasteiger partial charge in [-0.05, 0) is 49.1 Å². The summed E-state index contributed by atoms with van der Waals surface area (Å²) in [6.45, 7) is 3.83. The summed E-state index contributed by atoms with van der Waals surface area (Å²) in [5.74, 6) is -4.22. The minimum Gasteiger partial charge on any atom is -0.550 e. The molecule has 3 aliphatic rings. The Morgan fingerprint density at radius 3 is 2.59 bits per heavy atom. The van der Waals surface area contributed by atoms with Crippen molar-refractivity contribution in [2.75, 3.05) is 5.32 Å². The Morgan fingerprint density at radius 1 is 1.15 bits per heavy atom. The van der Waals surface area contributed by atoms with E-state index >= 15 is 0 Å². The van der Waals surface area contributed by atoms with Gasteiger partial charge in [0.25, 0.3) is 5.91 Å². The maximum absolute atomic E-state index is 13.8. The maximum atomic E-state index is 13.8. The lowest BCUT2D eigenvalue weighted by molar-refractivity contribution is -0.734. The van der Waals surface area contributed by atoms with Gasteiger partial charge in [0.1, 0.15) is 17.9 Å². The second-order valence-electron chi connectivity index (χ2n) is 9.35. The molecule has 5 rings (SSSR count). The van der Waals surface area contributed by atoms with E-state index in [4.69, 9.17) is 11.6 Å². The Labute approximate surface area is 201 Å². The predicted octanol–water partition coefficient (Wildman–Crippen LogP) is 0.381. The van der Waals surface area contributed by atoms with Crippen molar-refractivity contribution in [2.45, 2.75) is 44.8 Å². The van der Waals surface area contributed by atoms with Crippen LogP contribution in [0.15, 0.2) is 36.4 Å². The molecule has 9 heteroatoms. The lowest BCUT2D eigenvalue weighted by atomic mass is 9.76. The van der Waals surface area contributed by atoms with Gasteiger partial charge in [-0.15, -0.1) is 0 Å². The zero-order chi connectivity index (χ0) is 24.4. The number of nitrogens with two attached hydrogens (primary N) is 1. The number of amides is 3. The Kier molecular flexibility index (Phi) is 5.26. The predicted molar refractivity (Wildman–Crippen MR) is 120 cm³/mol. The number of aliphatic carboxylic acids is 1. The smallest absolute Gasteiger partial charge is 0.291 e. The summed E-state index contributed by atoms with van der Waals surface area (Å²) in [7, 11) is 0. The fourth-order valence-corrected chi connectivity index (χ4v) is 6.04. The second kappa shape index (κ2) is 7.92. The minimum absolute atomic E-state index is 0.00493. The van der Waals surface area contributed by atoms with Crippen molar-refractivity contribution >= 4 is 41.0 Å². The van der Waals surface area contributed by atoms with E-state index in [2.05, 4.69) is 5.32 Å². The van der Waals surface area contributed by atoms with Crippen LogP contribution in [0.4, 0.5) is 5.69 Å². The number of halogens is 1. The van der Waals surface area contributed by atoms with E-state index in [9.17, 15) is 24.3 Å². The number of nitrogens with zero attached hydrogens (tertiary/aromatic N) is 1. The molecule has 3 N–H and O–H groups in total. The fourth-order valence-electron chi connectivity index (χ4n) is 5.84. The average Bonchev–Trinajstić information content (AvgIpc) is 3.37. The van der Waals surface area contributed by atoms with Crippen LogP contribution in [0.1, 0.15) is 35.1 Å². The molecule has 0 unspecified atom stereocenters. The molecule has 0 bridgehead atoms. The van der Waals surface area contributed by atoms with Gasteiger partial charge in [-0.2, -0.15) is 0 Å². The number of fused-ring (bicyclic) bond motifs is 4. The number of rotatable bonds is 5. The van der Waals surface area contributed by atoms with Crippen molar-refractivity contribution in [3.05, 3.63) is 63.7 Å². The molecule has 4 atom stereocenters. The number of aryl methyl sites for hydroxylation is 1. The number of carbonyl (C=O) groups excluding carboxylic acids is 4. The summed E-state index contributed by atoms with van der Waals surface area (Å²) in [6.07, 6.45) is -0.161. The third-order valence-electron chi connectivity index (χ3n) is 7.64. The normalized spacial score (nSPS) is 27.3. The number of benzene rings is 2. The highest BCUT2D eigenvalue weighted by Gasteiger charge is 2.74. The molecule has 3 heterocycles. The van der Waals surface area contributed by atoms with Gasteiger partial charge in [0, 0.05) is 23.0 Å². The van der Waals surface area contributed by atoms with Gasteiger partial charge < -0.3 is 20.5 Å². The standard InChI is InChI=1S/C25H24ClN3O5/c1-12-7-8-15-21(13(12)2)27-24(34)25(15)20-19(17(28-25)9-10-18(30)31)22(32)29(23(20)33)11-14-5-3-4-6-16(14)26/h3-8,17,19-20,28H,9-11H2,1-2H3,(H,27,34)(H,30,31)/t17-,19-,20+,25-/m1/s1. The van der Waals surface area contributed by atoms with E-state index in [0.717, 1.165) is 11.1 Å². The molecule has 8 nitrogen and oxygen atoms in total. The molecule has 34 heavy (non-hydrogen) atoms. The molecule has 0 radical (unpaired) electrons. The van der Waals surface area contributed by atoms with Crippen molar-refractivity contribution in [1.82, 2.24) is 4.90 Å². The summed E-state index contributed by atoms with van der Waals surface area (Å²) in [5.41, 5.74) is 2.50. The van der Waals surface area contributed by atoms with Gasteiger partial charge in [-0.3, -0.25) is 19.3 Å². The van der Waals surface area contributed by atoms with Crippen molar-refractivity contribution in [3.8, 4) is 0 Å². The molecular weight excluding hydrogens is 458 g/mol. The second-order valence-corrected chi connectivity index (χ2v) is 9.76. The lowest BCUT2D eigenvalue weighted by Crippen LogP contribution is -2.99. The van der Waals surface area contributed by atoms with Crippen LogP contribution < -0.4 is 15.7 Å². The number of carboxylic acid groups (broad SMARTS) is 1. The molecule has 1 spiro atoms. The highest BCUT2D eigenvalue weighted by atomic mass is 35.5. The van der Waals surface area contributed by atoms with E-state index < -0.39 is 41.2 Å². The number of quaternary nitrogens is 1. The van der Waals surface area contributed by atoms with E-state index in [-0.39, 0.29) is 25.3 Å². The number of carbonyl (C=O) groups is 4. The summed E-state index contributed by atoms with van der Waals surface area (Å²) in [5, 5.41) is 16.3. The molecule has 3 amide bonds. The summed E-state index contributed by atoms with van der Waals surface area (Å²) < 4.78 is 0.